The maximum Gasteiger partial charge on any atom is 0.164 e. The summed E-state index contributed by atoms with van der Waals surface area (Å²) in [7, 11) is 0. The Balaban J connectivity index is 1.29. The topological polar surface area (TPSA) is 64.7 Å². The van der Waals surface area contributed by atoms with Crippen molar-refractivity contribution in [3.05, 3.63) is 146 Å². The Morgan fingerprint density at radius 3 is 2.02 bits per heavy atom. The minimum Gasteiger partial charge on any atom is -0.456 e. The summed E-state index contributed by atoms with van der Waals surface area (Å²) in [6, 6.07) is 46.2. The number of benzene rings is 7. The van der Waals surface area contributed by atoms with E-state index in [1.54, 1.807) is 6.20 Å². The molecule has 3 heterocycles. The third-order valence-electron chi connectivity index (χ3n) is 9.15. The lowest BCUT2D eigenvalue weighted by atomic mass is 9.96. The molecule has 0 amide bonds. The van der Waals surface area contributed by atoms with Crippen LogP contribution in [0, 0.1) is 0 Å². The quantitative estimate of drug-likeness (QED) is 0.189. The summed E-state index contributed by atoms with van der Waals surface area (Å²) < 4.78 is 6.41. The first-order chi connectivity index (χ1) is 23.3. The van der Waals surface area contributed by atoms with Gasteiger partial charge in [-0.05, 0) is 74.1 Å². The fraction of sp³-hybridized carbons (Fsp3) is 0. The normalized spacial score (nSPS) is 11.8. The molecule has 0 aliphatic rings. The second-order valence-electron chi connectivity index (χ2n) is 11.9. The molecule has 0 N–H and O–H groups in total. The number of hydrogen-bond donors (Lipinski definition) is 0. The molecule has 218 valence electrons. The predicted octanol–water partition coefficient (Wildman–Crippen LogP) is 10.8. The molecule has 10 rings (SSSR count). The molecule has 0 saturated heterocycles. The molecular formula is C42H24N4O. The van der Waals surface area contributed by atoms with Crippen molar-refractivity contribution in [1.82, 2.24) is 19.9 Å². The molecule has 0 saturated carbocycles. The Morgan fingerprint density at radius 2 is 1.13 bits per heavy atom. The number of furan rings is 1. The highest BCUT2D eigenvalue weighted by Gasteiger charge is 2.20. The van der Waals surface area contributed by atoms with Gasteiger partial charge in [0.1, 0.15) is 11.2 Å². The van der Waals surface area contributed by atoms with E-state index in [0.29, 0.717) is 17.5 Å². The van der Waals surface area contributed by atoms with E-state index in [2.05, 4.69) is 120 Å². The van der Waals surface area contributed by atoms with Gasteiger partial charge >= 0.3 is 0 Å². The van der Waals surface area contributed by atoms with E-state index in [1.807, 2.05) is 24.4 Å². The fourth-order valence-corrected chi connectivity index (χ4v) is 6.91. The van der Waals surface area contributed by atoms with Gasteiger partial charge in [0.2, 0.25) is 0 Å². The van der Waals surface area contributed by atoms with Crippen LogP contribution in [0.4, 0.5) is 0 Å². The summed E-state index contributed by atoms with van der Waals surface area (Å²) in [5.41, 5.74) is 4.38. The number of rotatable bonds is 3. The zero-order valence-electron chi connectivity index (χ0n) is 25.1. The maximum absolute atomic E-state index is 6.41. The lowest BCUT2D eigenvalue weighted by molar-refractivity contribution is 0.669. The Hall–Kier alpha value is -6.46. The summed E-state index contributed by atoms with van der Waals surface area (Å²) >= 11 is 0. The molecule has 0 aliphatic carbocycles. The predicted molar refractivity (Wildman–Crippen MR) is 191 cm³/mol. The lowest BCUT2D eigenvalue weighted by Gasteiger charge is -2.13. The van der Waals surface area contributed by atoms with Crippen LogP contribution in [0.15, 0.2) is 150 Å². The Labute approximate surface area is 268 Å². The Morgan fingerprint density at radius 1 is 0.404 bits per heavy atom. The maximum atomic E-state index is 6.41. The summed E-state index contributed by atoms with van der Waals surface area (Å²) in [5, 5.41) is 11.0. The van der Waals surface area contributed by atoms with Crippen molar-refractivity contribution < 1.29 is 4.42 Å². The van der Waals surface area contributed by atoms with Crippen molar-refractivity contribution in [3.63, 3.8) is 0 Å². The molecule has 5 nitrogen and oxygen atoms in total. The van der Waals surface area contributed by atoms with E-state index in [-0.39, 0.29) is 0 Å². The molecule has 0 bridgehead atoms. The van der Waals surface area contributed by atoms with Crippen LogP contribution in [0.3, 0.4) is 0 Å². The second kappa shape index (κ2) is 10.0. The molecule has 0 fully saturated rings. The van der Waals surface area contributed by atoms with Crippen LogP contribution in [0.2, 0.25) is 0 Å². The smallest absolute Gasteiger partial charge is 0.164 e. The number of pyridine rings is 1. The highest BCUT2D eigenvalue weighted by atomic mass is 16.3. The summed E-state index contributed by atoms with van der Waals surface area (Å²) in [6.45, 7) is 0. The fourth-order valence-electron chi connectivity index (χ4n) is 6.91. The number of fused-ring (bicyclic) bond motifs is 8. The van der Waals surface area contributed by atoms with Crippen LogP contribution in [-0.4, -0.2) is 19.9 Å². The zero-order chi connectivity index (χ0) is 30.9. The first-order valence-corrected chi connectivity index (χ1v) is 15.6. The van der Waals surface area contributed by atoms with Gasteiger partial charge in [0.25, 0.3) is 0 Å². The van der Waals surface area contributed by atoms with Crippen molar-refractivity contribution in [1.29, 1.82) is 0 Å². The number of aromatic nitrogens is 4. The SMILES string of the molecule is c1ccc2cc(-c3nc(-c4cc5ccccc5c5ccccc45)nc(-c4cccc5oc6cc7ccncc7cc6c45)n3)ccc2c1. The molecule has 10 aromatic rings. The molecule has 7 aromatic carbocycles. The molecular weight excluding hydrogens is 576 g/mol. The molecule has 5 heteroatoms. The van der Waals surface area contributed by atoms with E-state index in [0.717, 1.165) is 65.6 Å². The first-order valence-electron chi connectivity index (χ1n) is 15.6. The van der Waals surface area contributed by atoms with Gasteiger partial charge in [-0.3, -0.25) is 4.98 Å². The van der Waals surface area contributed by atoms with Crippen LogP contribution in [0.25, 0.3) is 99.2 Å². The van der Waals surface area contributed by atoms with Crippen molar-refractivity contribution >= 4 is 65.0 Å². The van der Waals surface area contributed by atoms with Crippen LogP contribution in [0.5, 0.6) is 0 Å². The first kappa shape index (κ1) is 25.8. The second-order valence-corrected chi connectivity index (χ2v) is 11.9. The largest absolute Gasteiger partial charge is 0.456 e. The lowest BCUT2D eigenvalue weighted by Crippen LogP contribution is -2.01. The van der Waals surface area contributed by atoms with Crippen molar-refractivity contribution in [2.24, 2.45) is 0 Å². The van der Waals surface area contributed by atoms with Crippen molar-refractivity contribution in [2.75, 3.05) is 0 Å². The van der Waals surface area contributed by atoms with Gasteiger partial charge in [-0.2, -0.15) is 0 Å². The highest BCUT2D eigenvalue weighted by molar-refractivity contribution is 6.16. The molecule has 47 heavy (non-hydrogen) atoms. The molecule has 0 unspecified atom stereocenters. The molecule has 0 radical (unpaired) electrons. The van der Waals surface area contributed by atoms with E-state index >= 15 is 0 Å². The molecule has 0 atom stereocenters. The van der Waals surface area contributed by atoms with Crippen molar-refractivity contribution in [2.45, 2.75) is 0 Å². The van der Waals surface area contributed by atoms with E-state index < -0.39 is 0 Å². The van der Waals surface area contributed by atoms with Crippen molar-refractivity contribution in [3.8, 4) is 34.2 Å². The van der Waals surface area contributed by atoms with E-state index in [4.69, 9.17) is 19.4 Å². The monoisotopic (exact) mass is 600 g/mol. The van der Waals surface area contributed by atoms with Crippen LogP contribution in [-0.2, 0) is 0 Å². The van der Waals surface area contributed by atoms with E-state index in [1.165, 1.54) is 16.2 Å². The zero-order valence-corrected chi connectivity index (χ0v) is 25.1. The Bertz CT molecular complexity index is 2870. The van der Waals surface area contributed by atoms with Gasteiger partial charge in [0.05, 0.1) is 0 Å². The highest BCUT2D eigenvalue weighted by Crippen LogP contribution is 2.39. The summed E-state index contributed by atoms with van der Waals surface area (Å²) in [5.74, 6) is 1.84. The van der Waals surface area contributed by atoms with Gasteiger partial charge in [-0.25, -0.2) is 15.0 Å². The van der Waals surface area contributed by atoms with Gasteiger partial charge in [0, 0.05) is 45.2 Å². The molecule has 3 aromatic heterocycles. The van der Waals surface area contributed by atoms with Crippen LogP contribution in [0.1, 0.15) is 0 Å². The molecule has 0 spiro atoms. The van der Waals surface area contributed by atoms with Gasteiger partial charge in [-0.1, -0.05) is 97.1 Å². The van der Waals surface area contributed by atoms with Crippen LogP contribution >= 0.6 is 0 Å². The van der Waals surface area contributed by atoms with E-state index in [9.17, 15) is 0 Å². The van der Waals surface area contributed by atoms with Crippen LogP contribution < -0.4 is 0 Å². The number of hydrogen-bond acceptors (Lipinski definition) is 5. The third kappa shape index (κ3) is 4.10. The van der Waals surface area contributed by atoms with Gasteiger partial charge in [-0.15, -0.1) is 0 Å². The summed E-state index contributed by atoms with van der Waals surface area (Å²) in [6.07, 6.45) is 3.69. The average molecular weight is 601 g/mol. The van der Waals surface area contributed by atoms with Gasteiger partial charge < -0.3 is 4.42 Å². The third-order valence-corrected chi connectivity index (χ3v) is 9.15. The minimum atomic E-state index is 0.593. The number of nitrogens with zero attached hydrogens (tertiary/aromatic N) is 4. The van der Waals surface area contributed by atoms with Gasteiger partial charge in [0.15, 0.2) is 17.5 Å². The average Bonchev–Trinajstić information content (AvgIpc) is 3.50. The summed E-state index contributed by atoms with van der Waals surface area (Å²) in [4.78, 5) is 20.0. The standard InChI is InChI=1S/C42H24N4O/c1-2-9-26-20-29(17-16-25(26)8-1)40-44-41(34-14-7-15-37-39(34)36-22-30-24-43-19-18-27(30)23-38(36)47-37)46-42(45-40)35-21-28-10-3-4-11-31(28)32-12-5-6-13-33(32)35/h1-24H. The Kier molecular flexibility index (Phi) is 5.51. The minimum absolute atomic E-state index is 0.593. The molecule has 0 aliphatic heterocycles.